The average molecular weight is 249 g/mol. The van der Waals surface area contributed by atoms with Gasteiger partial charge in [-0.3, -0.25) is 0 Å². The van der Waals surface area contributed by atoms with E-state index in [2.05, 4.69) is 6.92 Å². The Morgan fingerprint density at radius 1 is 1.40 bits per heavy atom. The molecule has 1 aromatic carbocycles. The Labute approximate surface area is 100 Å². The van der Waals surface area contributed by atoms with Crippen molar-refractivity contribution in [1.82, 2.24) is 0 Å². The van der Waals surface area contributed by atoms with Gasteiger partial charge in [0, 0.05) is 10.9 Å². The molecule has 0 N–H and O–H groups in total. The molecule has 0 saturated heterocycles. The summed E-state index contributed by atoms with van der Waals surface area (Å²) in [4.78, 5) is 0. The molecule has 0 nitrogen and oxygen atoms in total. The Bertz CT molecular complexity index is 312. The number of alkyl halides is 1. The van der Waals surface area contributed by atoms with Crippen LogP contribution in [0.1, 0.15) is 25.3 Å². The SMILES string of the molecule is CCCC(CCl)Cc1ccc(F)cc1Cl. The lowest BCUT2D eigenvalue weighted by atomic mass is 9.97. The summed E-state index contributed by atoms with van der Waals surface area (Å²) in [5.41, 5.74) is 0.983. The van der Waals surface area contributed by atoms with Crippen LogP contribution in [0.25, 0.3) is 0 Å². The van der Waals surface area contributed by atoms with E-state index in [0.29, 0.717) is 16.8 Å². The third-order valence-corrected chi connectivity index (χ3v) is 3.23. The predicted molar refractivity (Wildman–Crippen MR) is 64.2 cm³/mol. The molecule has 0 bridgehead atoms. The van der Waals surface area contributed by atoms with Crippen molar-refractivity contribution in [2.45, 2.75) is 26.2 Å². The molecule has 0 aliphatic rings. The second kappa shape index (κ2) is 6.34. The van der Waals surface area contributed by atoms with Gasteiger partial charge in [-0.05, 0) is 36.5 Å². The zero-order chi connectivity index (χ0) is 11.3. The first kappa shape index (κ1) is 12.8. The van der Waals surface area contributed by atoms with Gasteiger partial charge in [-0.1, -0.05) is 31.0 Å². The van der Waals surface area contributed by atoms with Crippen LogP contribution in [0.5, 0.6) is 0 Å². The Hall–Kier alpha value is -0.270. The first-order valence-electron chi connectivity index (χ1n) is 5.17. The van der Waals surface area contributed by atoms with Crippen molar-refractivity contribution >= 4 is 23.2 Å². The van der Waals surface area contributed by atoms with Gasteiger partial charge in [0.1, 0.15) is 5.82 Å². The van der Waals surface area contributed by atoms with Gasteiger partial charge in [-0.2, -0.15) is 0 Å². The molecular formula is C12H15Cl2F. The summed E-state index contributed by atoms with van der Waals surface area (Å²) in [6, 6.07) is 4.54. The van der Waals surface area contributed by atoms with E-state index in [1.807, 2.05) is 0 Å². The highest BCUT2D eigenvalue weighted by molar-refractivity contribution is 6.31. The van der Waals surface area contributed by atoms with Crippen LogP contribution in [-0.2, 0) is 6.42 Å². The van der Waals surface area contributed by atoms with Gasteiger partial charge in [0.15, 0.2) is 0 Å². The minimum absolute atomic E-state index is 0.290. The van der Waals surface area contributed by atoms with E-state index in [4.69, 9.17) is 23.2 Å². The molecule has 3 heteroatoms. The molecule has 0 radical (unpaired) electrons. The van der Waals surface area contributed by atoms with Crippen molar-refractivity contribution in [3.05, 3.63) is 34.6 Å². The number of halogens is 3. The number of benzene rings is 1. The van der Waals surface area contributed by atoms with Crippen molar-refractivity contribution in [2.75, 3.05) is 5.88 Å². The molecule has 1 atom stereocenters. The second-order valence-corrected chi connectivity index (χ2v) is 4.46. The zero-order valence-electron chi connectivity index (χ0n) is 8.77. The topological polar surface area (TPSA) is 0 Å². The highest BCUT2D eigenvalue weighted by atomic mass is 35.5. The highest BCUT2D eigenvalue weighted by Gasteiger charge is 2.10. The number of hydrogen-bond donors (Lipinski definition) is 0. The molecule has 15 heavy (non-hydrogen) atoms. The largest absolute Gasteiger partial charge is 0.207 e. The maximum atomic E-state index is 12.8. The van der Waals surface area contributed by atoms with Crippen LogP contribution >= 0.6 is 23.2 Å². The molecule has 1 rings (SSSR count). The molecule has 0 fully saturated rings. The predicted octanol–water partition coefficient (Wildman–Crippen LogP) is 4.68. The van der Waals surface area contributed by atoms with Gasteiger partial charge in [0.2, 0.25) is 0 Å². The smallest absolute Gasteiger partial charge is 0.124 e. The van der Waals surface area contributed by atoms with Crippen molar-refractivity contribution < 1.29 is 4.39 Å². The zero-order valence-corrected chi connectivity index (χ0v) is 10.3. The van der Waals surface area contributed by atoms with E-state index >= 15 is 0 Å². The fourth-order valence-corrected chi connectivity index (χ4v) is 2.15. The summed E-state index contributed by atoms with van der Waals surface area (Å²) in [5.74, 6) is 0.767. The summed E-state index contributed by atoms with van der Waals surface area (Å²) >= 11 is 11.8. The van der Waals surface area contributed by atoms with Crippen LogP contribution in [0.3, 0.4) is 0 Å². The maximum absolute atomic E-state index is 12.8. The molecule has 0 saturated carbocycles. The van der Waals surface area contributed by atoms with Crippen LogP contribution in [0.2, 0.25) is 5.02 Å². The highest BCUT2D eigenvalue weighted by Crippen LogP contribution is 2.23. The van der Waals surface area contributed by atoms with Gasteiger partial charge >= 0.3 is 0 Å². The maximum Gasteiger partial charge on any atom is 0.124 e. The minimum atomic E-state index is -0.290. The van der Waals surface area contributed by atoms with Crippen molar-refractivity contribution in [3.8, 4) is 0 Å². The Morgan fingerprint density at radius 3 is 2.67 bits per heavy atom. The molecule has 0 aliphatic carbocycles. The first-order valence-corrected chi connectivity index (χ1v) is 6.08. The van der Waals surface area contributed by atoms with Crippen molar-refractivity contribution in [2.24, 2.45) is 5.92 Å². The Balaban J connectivity index is 2.70. The molecular weight excluding hydrogens is 234 g/mol. The van der Waals surface area contributed by atoms with Crippen molar-refractivity contribution in [3.63, 3.8) is 0 Å². The van der Waals surface area contributed by atoms with Gasteiger partial charge in [-0.25, -0.2) is 4.39 Å². The van der Waals surface area contributed by atoms with Gasteiger partial charge < -0.3 is 0 Å². The van der Waals surface area contributed by atoms with Crippen LogP contribution in [0, 0.1) is 11.7 Å². The number of rotatable bonds is 5. The molecule has 84 valence electrons. The molecule has 0 spiro atoms. The van der Waals surface area contributed by atoms with E-state index in [1.54, 1.807) is 6.07 Å². The van der Waals surface area contributed by atoms with Gasteiger partial charge in [0.05, 0.1) is 0 Å². The Morgan fingerprint density at radius 2 is 2.13 bits per heavy atom. The number of hydrogen-bond acceptors (Lipinski definition) is 0. The lowest BCUT2D eigenvalue weighted by Crippen LogP contribution is -2.06. The molecule has 1 unspecified atom stereocenters. The summed E-state index contributed by atoms with van der Waals surface area (Å²) in [6.07, 6.45) is 3.02. The molecule has 0 amide bonds. The summed E-state index contributed by atoms with van der Waals surface area (Å²) in [5, 5.41) is 0.501. The first-order chi connectivity index (χ1) is 7.17. The van der Waals surface area contributed by atoms with Crippen LogP contribution < -0.4 is 0 Å². The standard InChI is InChI=1S/C12H15Cl2F/c1-2-3-9(8-13)6-10-4-5-11(15)7-12(10)14/h4-5,7,9H,2-3,6,8H2,1H3. The van der Waals surface area contributed by atoms with Gasteiger partial charge in [0.25, 0.3) is 0 Å². The van der Waals surface area contributed by atoms with E-state index in [0.717, 1.165) is 24.8 Å². The molecule has 0 heterocycles. The van der Waals surface area contributed by atoms with E-state index in [-0.39, 0.29) is 5.82 Å². The minimum Gasteiger partial charge on any atom is -0.207 e. The van der Waals surface area contributed by atoms with Crippen LogP contribution in [0.15, 0.2) is 18.2 Å². The lowest BCUT2D eigenvalue weighted by Gasteiger charge is -2.13. The fraction of sp³-hybridized carbons (Fsp3) is 0.500. The average Bonchev–Trinajstić information content (AvgIpc) is 2.21. The van der Waals surface area contributed by atoms with Crippen LogP contribution in [0.4, 0.5) is 4.39 Å². The van der Waals surface area contributed by atoms with E-state index < -0.39 is 0 Å². The quantitative estimate of drug-likeness (QED) is 0.665. The van der Waals surface area contributed by atoms with Crippen molar-refractivity contribution in [1.29, 1.82) is 0 Å². The third kappa shape index (κ3) is 4.00. The third-order valence-electron chi connectivity index (χ3n) is 2.44. The second-order valence-electron chi connectivity index (χ2n) is 3.75. The van der Waals surface area contributed by atoms with E-state index in [9.17, 15) is 4.39 Å². The monoisotopic (exact) mass is 248 g/mol. The Kier molecular flexibility index (Phi) is 5.41. The summed E-state index contributed by atoms with van der Waals surface area (Å²) < 4.78 is 12.8. The summed E-state index contributed by atoms with van der Waals surface area (Å²) in [7, 11) is 0. The molecule has 0 aromatic heterocycles. The fourth-order valence-electron chi connectivity index (χ4n) is 1.64. The summed E-state index contributed by atoms with van der Waals surface area (Å²) in [6.45, 7) is 2.13. The molecule has 1 aromatic rings. The molecule has 0 aliphatic heterocycles. The van der Waals surface area contributed by atoms with Crippen LogP contribution in [-0.4, -0.2) is 5.88 Å². The lowest BCUT2D eigenvalue weighted by molar-refractivity contribution is 0.527. The van der Waals surface area contributed by atoms with E-state index in [1.165, 1.54) is 12.1 Å². The van der Waals surface area contributed by atoms with Gasteiger partial charge in [-0.15, -0.1) is 11.6 Å². The normalized spacial score (nSPS) is 12.8.